The zero-order valence-corrected chi connectivity index (χ0v) is 12.7. The highest BCUT2D eigenvalue weighted by atomic mass is 19.2. The van der Waals surface area contributed by atoms with Gasteiger partial charge in [-0.1, -0.05) is 5.11 Å². The van der Waals surface area contributed by atoms with Crippen LogP contribution in [0.1, 0.15) is 16.8 Å². The third-order valence-corrected chi connectivity index (χ3v) is 3.25. The van der Waals surface area contributed by atoms with Crippen LogP contribution in [0.5, 0.6) is 0 Å². The molecule has 2 rings (SSSR count). The normalized spacial score (nSPS) is 13.2. The van der Waals surface area contributed by atoms with E-state index in [0.29, 0.717) is 0 Å². The summed E-state index contributed by atoms with van der Waals surface area (Å²) in [4.78, 5) is 37.1. The number of azide groups is 1. The highest BCUT2D eigenvalue weighted by molar-refractivity contribution is 6.12. The number of hydrogen-bond acceptors (Lipinski definition) is 5. The summed E-state index contributed by atoms with van der Waals surface area (Å²) in [6.07, 6.45) is 2.00. The molecule has 1 aliphatic rings. The van der Waals surface area contributed by atoms with Gasteiger partial charge < -0.3 is 4.74 Å². The monoisotopic (exact) mass is 372 g/mol. The standard InChI is InChI=1S/C14H8F4N4O4/c15-9-8(10(16)12(18)13(11(9)17)20-21-19)14(25)26-5-1-4-22-6(23)2-3-7(22)24/h2-3H,1,4-5H2. The molecule has 0 bridgehead atoms. The van der Waals surface area contributed by atoms with Crippen LogP contribution in [0.25, 0.3) is 10.4 Å². The van der Waals surface area contributed by atoms with Gasteiger partial charge in [0.1, 0.15) is 11.3 Å². The molecule has 136 valence electrons. The Morgan fingerprint density at radius 2 is 1.62 bits per heavy atom. The molecule has 0 saturated heterocycles. The van der Waals surface area contributed by atoms with Crippen molar-refractivity contribution in [3.05, 3.63) is 51.4 Å². The zero-order chi connectivity index (χ0) is 19.4. The first kappa shape index (κ1) is 18.9. The Kier molecular flexibility index (Phi) is 5.58. The summed E-state index contributed by atoms with van der Waals surface area (Å²) < 4.78 is 59.2. The minimum Gasteiger partial charge on any atom is -0.462 e. The van der Waals surface area contributed by atoms with Crippen LogP contribution in [0.2, 0.25) is 0 Å². The van der Waals surface area contributed by atoms with E-state index in [-0.39, 0.29) is 13.0 Å². The largest absolute Gasteiger partial charge is 0.462 e. The predicted molar refractivity (Wildman–Crippen MR) is 75.8 cm³/mol. The molecule has 0 unspecified atom stereocenters. The Morgan fingerprint density at radius 1 is 1.08 bits per heavy atom. The van der Waals surface area contributed by atoms with Gasteiger partial charge in [-0.25, -0.2) is 22.4 Å². The lowest BCUT2D eigenvalue weighted by atomic mass is 10.1. The van der Waals surface area contributed by atoms with E-state index in [1.807, 2.05) is 4.91 Å². The van der Waals surface area contributed by atoms with E-state index in [4.69, 9.17) is 5.53 Å². The van der Waals surface area contributed by atoms with E-state index in [9.17, 15) is 31.9 Å². The third kappa shape index (κ3) is 3.49. The van der Waals surface area contributed by atoms with Crippen molar-refractivity contribution in [2.75, 3.05) is 13.2 Å². The molecule has 8 nitrogen and oxygen atoms in total. The van der Waals surface area contributed by atoms with Crippen LogP contribution in [0, 0.1) is 23.3 Å². The number of benzene rings is 1. The van der Waals surface area contributed by atoms with Crippen LogP contribution >= 0.6 is 0 Å². The summed E-state index contributed by atoms with van der Waals surface area (Å²) in [5, 5.41) is 2.48. The maximum atomic E-state index is 13.8. The maximum Gasteiger partial charge on any atom is 0.344 e. The van der Waals surface area contributed by atoms with Gasteiger partial charge in [0, 0.05) is 23.6 Å². The van der Waals surface area contributed by atoms with Gasteiger partial charge >= 0.3 is 5.97 Å². The summed E-state index contributed by atoms with van der Waals surface area (Å²) in [6.45, 7) is -0.627. The molecule has 26 heavy (non-hydrogen) atoms. The first-order valence-corrected chi connectivity index (χ1v) is 6.91. The van der Waals surface area contributed by atoms with Gasteiger partial charge in [0.15, 0.2) is 23.3 Å². The van der Waals surface area contributed by atoms with Crippen molar-refractivity contribution in [2.24, 2.45) is 5.11 Å². The Balaban J connectivity index is 2.07. The Bertz CT molecular complexity index is 833. The van der Waals surface area contributed by atoms with Crippen molar-refractivity contribution in [3.63, 3.8) is 0 Å². The summed E-state index contributed by atoms with van der Waals surface area (Å²) in [6, 6.07) is 0. The minimum absolute atomic E-state index is 0.0735. The van der Waals surface area contributed by atoms with E-state index in [0.717, 1.165) is 17.1 Å². The van der Waals surface area contributed by atoms with E-state index in [1.54, 1.807) is 0 Å². The molecular formula is C14H8F4N4O4. The molecule has 1 aromatic rings. The maximum absolute atomic E-state index is 13.8. The van der Waals surface area contributed by atoms with Crippen molar-refractivity contribution in [3.8, 4) is 0 Å². The third-order valence-electron chi connectivity index (χ3n) is 3.25. The average Bonchev–Trinajstić information content (AvgIpc) is 2.92. The number of ether oxygens (including phenoxy) is 1. The highest BCUT2D eigenvalue weighted by Gasteiger charge is 2.30. The molecule has 0 fully saturated rings. The van der Waals surface area contributed by atoms with E-state index < -0.39 is 58.9 Å². The van der Waals surface area contributed by atoms with Crippen LogP contribution in [-0.4, -0.2) is 35.8 Å². The van der Waals surface area contributed by atoms with Crippen LogP contribution in [-0.2, 0) is 14.3 Å². The molecule has 2 amide bonds. The van der Waals surface area contributed by atoms with Gasteiger partial charge in [-0.05, 0) is 12.0 Å². The number of esters is 1. The number of carbonyl (C=O) groups is 3. The number of rotatable bonds is 6. The molecule has 0 atom stereocenters. The Labute approximate surface area is 142 Å². The minimum atomic E-state index is -2.08. The fourth-order valence-corrected chi connectivity index (χ4v) is 2.04. The molecule has 0 aromatic heterocycles. The first-order valence-electron chi connectivity index (χ1n) is 6.91. The number of halogens is 4. The number of amides is 2. The molecule has 1 aliphatic heterocycles. The lowest BCUT2D eigenvalue weighted by molar-refractivity contribution is -0.136. The molecule has 0 radical (unpaired) electrons. The van der Waals surface area contributed by atoms with Gasteiger partial charge in [-0.3, -0.25) is 14.5 Å². The molecule has 0 saturated carbocycles. The summed E-state index contributed by atoms with van der Waals surface area (Å²) >= 11 is 0. The lowest BCUT2D eigenvalue weighted by Crippen LogP contribution is -2.31. The second-order valence-electron chi connectivity index (χ2n) is 4.82. The topological polar surface area (TPSA) is 112 Å². The first-order chi connectivity index (χ1) is 12.3. The van der Waals surface area contributed by atoms with Crippen LogP contribution in [0.4, 0.5) is 23.2 Å². The van der Waals surface area contributed by atoms with Crippen molar-refractivity contribution in [1.29, 1.82) is 0 Å². The van der Waals surface area contributed by atoms with Gasteiger partial charge in [0.05, 0.1) is 6.61 Å². The summed E-state index contributed by atoms with van der Waals surface area (Å²) in [5.41, 5.74) is 4.94. The van der Waals surface area contributed by atoms with Crippen molar-refractivity contribution in [2.45, 2.75) is 6.42 Å². The number of imide groups is 1. The highest BCUT2D eigenvalue weighted by Crippen LogP contribution is 2.30. The Morgan fingerprint density at radius 3 is 2.12 bits per heavy atom. The molecule has 1 aromatic carbocycles. The van der Waals surface area contributed by atoms with Crippen LogP contribution < -0.4 is 0 Å². The van der Waals surface area contributed by atoms with Crippen LogP contribution in [0.3, 0.4) is 0 Å². The second-order valence-corrected chi connectivity index (χ2v) is 4.82. The van der Waals surface area contributed by atoms with Gasteiger partial charge in [-0.15, -0.1) is 0 Å². The number of nitrogens with zero attached hydrogens (tertiary/aromatic N) is 4. The molecule has 0 aliphatic carbocycles. The number of carbonyl (C=O) groups excluding carboxylic acids is 3. The zero-order valence-electron chi connectivity index (χ0n) is 12.7. The molecule has 1 heterocycles. The molecule has 0 N–H and O–H groups in total. The summed E-state index contributed by atoms with van der Waals surface area (Å²) in [5.74, 6) is -11.1. The van der Waals surface area contributed by atoms with Gasteiger partial charge in [0.25, 0.3) is 11.8 Å². The lowest BCUT2D eigenvalue weighted by Gasteiger charge is -2.13. The van der Waals surface area contributed by atoms with Crippen molar-refractivity contribution < 1.29 is 36.7 Å². The molecule has 12 heteroatoms. The van der Waals surface area contributed by atoms with E-state index in [1.165, 1.54) is 0 Å². The average molecular weight is 372 g/mol. The molecule has 0 spiro atoms. The number of hydrogen-bond donors (Lipinski definition) is 0. The summed E-state index contributed by atoms with van der Waals surface area (Å²) in [7, 11) is 0. The van der Waals surface area contributed by atoms with Gasteiger partial charge in [-0.2, -0.15) is 0 Å². The smallest absolute Gasteiger partial charge is 0.344 e. The second kappa shape index (κ2) is 7.66. The van der Waals surface area contributed by atoms with E-state index in [2.05, 4.69) is 9.85 Å². The van der Waals surface area contributed by atoms with Gasteiger partial charge in [0.2, 0.25) is 0 Å². The SMILES string of the molecule is [N-]=[N+]=Nc1c(F)c(F)c(C(=O)OCCCN2C(=O)C=CC2=O)c(F)c1F. The Hall–Kier alpha value is -3.40. The van der Waals surface area contributed by atoms with Crippen LogP contribution in [0.15, 0.2) is 17.3 Å². The predicted octanol–water partition coefficient (Wildman–Crippen LogP) is 2.66. The molecular weight excluding hydrogens is 364 g/mol. The van der Waals surface area contributed by atoms with E-state index >= 15 is 0 Å². The van der Waals surface area contributed by atoms with Crippen molar-refractivity contribution >= 4 is 23.5 Å². The fraction of sp³-hybridized carbons (Fsp3) is 0.214. The quantitative estimate of drug-likeness (QED) is 0.112. The fourth-order valence-electron chi connectivity index (χ4n) is 2.04. The van der Waals surface area contributed by atoms with Crippen molar-refractivity contribution in [1.82, 2.24) is 4.90 Å².